The molecule has 0 aliphatic heterocycles. The maximum Gasteiger partial charge on any atom is 0.160 e. The van der Waals surface area contributed by atoms with Gasteiger partial charge >= 0.3 is 0 Å². The average Bonchev–Trinajstić information content (AvgIpc) is 2.47. The van der Waals surface area contributed by atoms with Gasteiger partial charge in [0.15, 0.2) is 5.82 Å². The smallest absolute Gasteiger partial charge is 0.160 e. The first-order chi connectivity index (χ1) is 7.50. The Morgan fingerprint density at radius 2 is 2.00 bits per heavy atom. The van der Waals surface area contributed by atoms with Crippen LogP contribution in [0.4, 0.5) is 5.82 Å². The van der Waals surface area contributed by atoms with Gasteiger partial charge in [-0.15, -0.1) is 0 Å². The molecule has 0 radical (unpaired) electrons. The molecule has 0 saturated heterocycles. The van der Waals surface area contributed by atoms with Crippen LogP contribution in [0.15, 0.2) is 22.7 Å². The SMILES string of the molecule is Cn1nc(N)c(Br)c1-c1ccc(Cl)c(Cl)c1. The van der Waals surface area contributed by atoms with Gasteiger partial charge in [0, 0.05) is 12.6 Å². The lowest BCUT2D eigenvalue weighted by Crippen LogP contribution is -1.94. The lowest BCUT2D eigenvalue weighted by atomic mass is 10.1. The van der Waals surface area contributed by atoms with Crippen molar-refractivity contribution in [3.8, 4) is 11.3 Å². The summed E-state index contributed by atoms with van der Waals surface area (Å²) in [6, 6.07) is 5.40. The molecular formula is C10H8BrCl2N3. The van der Waals surface area contributed by atoms with E-state index in [-0.39, 0.29) is 0 Å². The fraction of sp³-hybridized carbons (Fsp3) is 0.100. The number of aromatic nitrogens is 2. The number of nitrogen functional groups attached to an aromatic ring is 1. The van der Waals surface area contributed by atoms with Gasteiger partial charge in [0.2, 0.25) is 0 Å². The minimum absolute atomic E-state index is 0.448. The van der Waals surface area contributed by atoms with Crippen molar-refractivity contribution in [1.29, 1.82) is 0 Å². The molecule has 0 atom stereocenters. The summed E-state index contributed by atoms with van der Waals surface area (Å²) < 4.78 is 2.45. The van der Waals surface area contributed by atoms with Crippen molar-refractivity contribution in [2.75, 3.05) is 5.73 Å². The van der Waals surface area contributed by atoms with Crippen LogP contribution in [0.2, 0.25) is 10.0 Å². The van der Waals surface area contributed by atoms with Gasteiger partial charge in [-0.1, -0.05) is 29.3 Å². The highest BCUT2D eigenvalue weighted by Gasteiger charge is 2.14. The van der Waals surface area contributed by atoms with E-state index in [4.69, 9.17) is 28.9 Å². The van der Waals surface area contributed by atoms with Gasteiger partial charge in [-0.25, -0.2) is 0 Å². The Labute approximate surface area is 111 Å². The predicted molar refractivity (Wildman–Crippen MR) is 70.8 cm³/mol. The van der Waals surface area contributed by atoms with Crippen LogP contribution in [0, 0.1) is 0 Å². The molecule has 0 saturated carbocycles. The maximum atomic E-state index is 5.97. The molecule has 84 valence electrons. The zero-order chi connectivity index (χ0) is 11.9. The quantitative estimate of drug-likeness (QED) is 0.870. The summed E-state index contributed by atoms with van der Waals surface area (Å²) in [5.74, 6) is 0.448. The van der Waals surface area contributed by atoms with Gasteiger partial charge in [-0.3, -0.25) is 4.68 Å². The number of anilines is 1. The number of nitrogens with zero attached hydrogens (tertiary/aromatic N) is 2. The second-order valence-electron chi connectivity index (χ2n) is 3.30. The highest BCUT2D eigenvalue weighted by atomic mass is 79.9. The van der Waals surface area contributed by atoms with Gasteiger partial charge in [0.05, 0.1) is 20.2 Å². The summed E-state index contributed by atoms with van der Waals surface area (Å²) >= 11 is 15.2. The Kier molecular flexibility index (Phi) is 3.15. The van der Waals surface area contributed by atoms with E-state index in [2.05, 4.69) is 21.0 Å². The first kappa shape index (κ1) is 11.8. The monoisotopic (exact) mass is 319 g/mol. The van der Waals surface area contributed by atoms with E-state index < -0.39 is 0 Å². The van der Waals surface area contributed by atoms with Crippen molar-refractivity contribution in [2.24, 2.45) is 7.05 Å². The van der Waals surface area contributed by atoms with E-state index in [1.807, 2.05) is 13.1 Å². The third-order valence-corrected chi connectivity index (χ3v) is 3.73. The van der Waals surface area contributed by atoms with Crippen molar-refractivity contribution in [1.82, 2.24) is 9.78 Å². The molecule has 1 aromatic carbocycles. The highest BCUT2D eigenvalue weighted by Crippen LogP contribution is 2.34. The third-order valence-electron chi connectivity index (χ3n) is 2.21. The molecule has 0 aliphatic rings. The molecule has 0 spiro atoms. The van der Waals surface area contributed by atoms with E-state index >= 15 is 0 Å². The van der Waals surface area contributed by atoms with Crippen LogP contribution in [0.1, 0.15) is 0 Å². The van der Waals surface area contributed by atoms with Gasteiger partial charge in [0.1, 0.15) is 0 Å². The van der Waals surface area contributed by atoms with Gasteiger partial charge in [-0.2, -0.15) is 5.10 Å². The molecule has 0 aliphatic carbocycles. The Morgan fingerprint density at radius 1 is 1.31 bits per heavy atom. The third kappa shape index (κ3) is 1.93. The molecule has 0 bridgehead atoms. The van der Waals surface area contributed by atoms with Gasteiger partial charge in [0.25, 0.3) is 0 Å². The van der Waals surface area contributed by atoms with Crippen molar-refractivity contribution in [3.05, 3.63) is 32.7 Å². The topological polar surface area (TPSA) is 43.8 Å². The molecule has 0 unspecified atom stereocenters. The van der Waals surface area contributed by atoms with Gasteiger partial charge in [-0.05, 0) is 28.1 Å². The van der Waals surface area contributed by atoms with Crippen LogP contribution >= 0.6 is 39.1 Å². The molecule has 0 fully saturated rings. The molecule has 1 heterocycles. The van der Waals surface area contributed by atoms with E-state index in [0.29, 0.717) is 15.9 Å². The predicted octanol–water partition coefficient (Wildman–Crippen LogP) is 3.74. The molecule has 6 heteroatoms. The molecule has 0 amide bonds. The average molecular weight is 321 g/mol. The number of aryl methyl sites for hydroxylation is 1. The van der Waals surface area contributed by atoms with Gasteiger partial charge < -0.3 is 5.73 Å². The lowest BCUT2D eigenvalue weighted by Gasteiger charge is -2.04. The zero-order valence-corrected chi connectivity index (χ0v) is 11.4. The van der Waals surface area contributed by atoms with E-state index in [9.17, 15) is 0 Å². The van der Waals surface area contributed by atoms with E-state index in [1.165, 1.54) is 0 Å². The molecule has 1 aromatic heterocycles. The van der Waals surface area contributed by atoms with E-state index in [0.717, 1.165) is 15.7 Å². The van der Waals surface area contributed by atoms with Crippen molar-refractivity contribution in [3.63, 3.8) is 0 Å². The summed E-state index contributed by atoms with van der Waals surface area (Å²) in [4.78, 5) is 0. The second kappa shape index (κ2) is 4.28. The number of hydrogen-bond acceptors (Lipinski definition) is 2. The summed E-state index contributed by atoms with van der Waals surface area (Å²) in [6.45, 7) is 0. The lowest BCUT2D eigenvalue weighted by molar-refractivity contribution is 0.780. The zero-order valence-electron chi connectivity index (χ0n) is 8.34. The van der Waals surface area contributed by atoms with Crippen LogP contribution < -0.4 is 5.73 Å². The van der Waals surface area contributed by atoms with Crippen molar-refractivity contribution in [2.45, 2.75) is 0 Å². The molecule has 2 rings (SSSR count). The summed E-state index contributed by atoms with van der Waals surface area (Å²) in [7, 11) is 1.82. The number of nitrogens with two attached hydrogens (primary N) is 1. The minimum Gasteiger partial charge on any atom is -0.381 e. The molecule has 3 nitrogen and oxygen atoms in total. The summed E-state index contributed by atoms with van der Waals surface area (Å²) in [5, 5.41) is 5.14. The highest BCUT2D eigenvalue weighted by molar-refractivity contribution is 9.10. The van der Waals surface area contributed by atoms with Crippen LogP contribution in [-0.2, 0) is 7.05 Å². The molecular weight excluding hydrogens is 313 g/mol. The van der Waals surface area contributed by atoms with Crippen molar-refractivity contribution >= 4 is 44.9 Å². The maximum absolute atomic E-state index is 5.97. The minimum atomic E-state index is 0.448. The van der Waals surface area contributed by atoms with Crippen LogP contribution in [0.5, 0.6) is 0 Å². The van der Waals surface area contributed by atoms with Crippen molar-refractivity contribution < 1.29 is 0 Å². The number of rotatable bonds is 1. The normalized spacial score (nSPS) is 10.8. The Hall–Kier alpha value is -0.710. The fourth-order valence-corrected chi connectivity index (χ4v) is 2.34. The molecule has 2 aromatic rings. The Bertz CT molecular complexity index is 551. The first-order valence-corrected chi connectivity index (χ1v) is 5.99. The van der Waals surface area contributed by atoms with Crippen LogP contribution in [0.3, 0.4) is 0 Å². The molecule has 2 N–H and O–H groups in total. The number of halogens is 3. The largest absolute Gasteiger partial charge is 0.381 e. The van der Waals surface area contributed by atoms with Crippen LogP contribution in [0.25, 0.3) is 11.3 Å². The summed E-state index contributed by atoms with van der Waals surface area (Å²) in [6.07, 6.45) is 0. The van der Waals surface area contributed by atoms with Crippen LogP contribution in [-0.4, -0.2) is 9.78 Å². The Balaban J connectivity index is 2.63. The Morgan fingerprint density at radius 3 is 2.50 bits per heavy atom. The number of benzene rings is 1. The molecule has 16 heavy (non-hydrogen) atoms. The number of hydrogen-bond donors (Lipinski definition) is 1. The first-order valence-electron chi connectivity index (χ1n) is 4.44. The fourth-order valence-electron chi connectivity index (χ4n) is 1.48. The van der Waals surface area contributed by atoms with E-state index in [1.54, 1.807) is 16.8 Å². The standard InChI is InChI=1S/C10H8BrCl2N3/c1-16-9(8(11)10(14)15-16)5-2-3-6(12)7(13)4-5/h2-4H,1H3,(H2,14,15). The second-order valence-corrected chi connectivity index (χ2v) is 4.91. The summed E-state index contributed by atoms with van der Waals surface area (Å²) in [5.41, 5.74) is 7.49.